The van der Waals surface area contributed by atoms with Crippen LogP contribution in [0.5, 0.6) is 0 Å². The van der Waals surface area contributed by atoms with E-state index in [1.807, 2.05) is 59.2 Å². The molecule has 0 unspecified atom stereocenters. The number of hydrogen-bond donors (Lipinski definition) is 1. The first-order valence-corrected chi connectivity index (χ1v) is 7.97. The predicted molar refractivity (Wildman–Crippen MR) is 97.4 cm³/mol. The highest BCUT2D eigenvalue weighted by molar-refractivity contribution is 6.01. The average Bonchev–Trinajstić information content (AvgIpc) is 3.25. The van der Waals surface area contributed by atoms with E-state index in [0.717, 1.165) is 22.3 Å². The molecule has 0 aliphatic heterocycles. The van der Waals surface area contributed by atoms with E-state index in [0.29, 0.717) is 18.1 Å². The maximum absolute atomic E-state index is 5.89. The van der Waals surface area contributed by atoms with E-state index in [-0.39, 0.29) is 5.82 Å². The molecule has 0 saturated carbocycles. The molecule has 2 aromatic heterocycles. The van der Waals surface area contributed by atoms with Gasteiger partial charge in [-0.3, -0.25) is 0 Å². The third-order valence-electron chi connectivity index (χ3n) is 4.00. The molecule has 0 amide bonds. The second kappa shape index (κ2) is 6.67. The lowest BCUT2D eigenvalue weighted by atomic mass is 10.1. The number of oxime groups is 1. The summed E-state index contributed by atoms with van der Waals surface area (Å²) in [5.74, 6) is 0.746. The summed E-state index contributed by atoms with van der Waals surface area (Å²) in [6.45, 7) is 0.417. The van der Waals surface area contributed by atoms with Crippen LogP contribution in [0.25, 0.3) is 22.6 Å². The molecule has 8 heteroatoms. The fraction of sp³-hybridized carbons (Fsp3) is 0.111. The number of nitrogens with two attached hydrogens (primary N) is 1. The van der Waals surface area contributed by atoms with Crippen molar-refractivity contribution in [1.82, 2.24) is 19.9 Å². The summed E-state index contributed by atoms with van der Waals surface area (Å²) in [6.07, 6.45) is 0. The molecule has 130 valence electrons. The summed E-state index contributed by atoms with van der Waals surface area (Å²) >= 11 is 0. The van der Waals surface area contributed by atoms with Crippen LogP contribution in [-0.2, 0) is 11.4 Å². The quantitative estimate of drug-likeness (QED) is 0.439. The van der Waals surface area contributed by atoms with Crippen LogP contribution in [0, 0.1) is 0 Å². The molecule has 4 aromatic rings. The monoisotopic (exact) mass is 348 g/mol. The molecule has 2 heterocycles. The number of para-hydroxylation sites is 2. The van der Waals surface area contributed by atoms with Crippen molar-refractivity contribution in [3.63, 3.8) is 0 Å². The van der Waals surface area contributed by atoms with Crippen LogP contribution >= 0.6 is 0 Å². The average molecular weight is 348 g/mol. The Morgan fingerprint density at radius 3 is 2.62 bits per heavy atom. The van der Waals surface area contributed by atoms with Crippen LogP contribution in [0.1, 0.15) is 5.56 Å². The number of nitrogens with zero attached hydrogens (tertiary/aromatic N) is 5. The first-order valence-electron chi connectivity index (χ1n) is 7.97. The van der Waals surface area contributed by atoms with Gasteiger partial charge in [-0.1, -0.05) is 47.6 Å². The third kappa shape index (κ3) is 2.77. The van der Waals surface area contributed by atoms with Crippen molar-refractivity contribution in [2.75, 3.05) is 12.8 Å². The molecular weight excluding hydrogens is 332 g/mol. The summed E-state index contributed by atoms with van der Waals surface area (Å²) in [6, 6.07) is 17.6. The highest BCUT2D eigenvalue weighted by atomic mass is 16.6. The standard InChI is InChI=1S/C18H16N6O2/c1-25-21-14(12-7-3-2-4-8-12)11-24-15-10-6-5-9-13(15)20-18(24)16-17(19)23-26-22-16/h2-10H,11H2,1H3,(H2,19,23)/b21-14-. The largest absolute Gasteiger partial charge is 0.399 e. The van der Waals surface area contributed by atoms with Crippen LogP contribution in [0.15, 0.2) is 64.4 Å². The van der Waals surface area contributed by atoms with Crippen LogP contribution in [0.2, 0.25) is 0 Å². The molecule has 8 nitrogen and oxygen atoms in total. The van der Waals surface area contributed by atoms with Gasteiger partial charge in [-0.2, -0.15) is 0 Å². The Labute approximate surface area is 148 Å². The molecule has 2 N–H and O–H groups in total. The number of imidazole rings is 1. The molecule has 0 aliphatic carbocycles. The van der Waals surface area contributed by atoms with E-state index < -0.39 is 0 Å². The highest BCUT2D eigenvalue weighted by Crippen LogP contribution is 2.27. The SMILES string of the molecule is CO/N=C(/Cn1c(-c2nonc2N)nc2ccccc21)c1ccccc1. The molecule has 0 bridgehead atoms. The third-order valence-corrected chi connectivity index (χ3v) is 4.00. The number of anilines is 1. The van der Waals surface area contributed by atoms with Gasteiger partial charge in [-0.25, -0.2) is 9.61 Å². The van der Waals surface area contributed by atoms with Gasteiger partial charge in [0.15, 0.2) is 17.3 Å². The van der Waals surface area contributed by atoms with Crippen molar-refractivity contribution in [3.05, 3.63) is 60.2 Å². The van der Waals surface area contributed by atoms with E-state index in [4.69, 9.17) is 15.2 Å². The Morgan fingerprint density at radius 2 is 1.88 bits per heavy atom. The van der Waals surface area contributed by atoms with Gasteiger partial charge in [0.2, 0.25) is 0 Å². The molecule has 2 aromatic carbocycles. The lowest BCUT2D eigenvalue weighted by Crippen LogP contribution is -2.13. The molecule has 0 fully saturated rings. The van der Waals surface area contributed by atoms with Crippen molar-refractivity contribution < 1.29 is 9.47 Å². The zero-order valence-electron chi connectivity index (χ0n) is 14.0. The Balaban J connectivity index is 1.87. The van der Waals surface area contributed by atoms with E-state index in [1.54, 1.807) is 0 Å². The Kier molecular flexibility index (Phi) is 4.06. The minimum atomic E-state index is 0.187. The topological polar surface area (TPSA) is 104 Å². The maximum Gasteiger partial charge on any atom is 0.199 e. The predicted octanol–water partition coefficient (Wildman–Crippen LogP) is 2.72. The molecule has 4 rings (SSSR count). The van der Waals surface area contributed by atoms with Crippen molar-refractivity contribution >= 4 is 22.6 Å². The first-order chi connectivity index (χ1) is 12.8. The molecule has 26 heavy (non-hydrogen) atoms. The van der Waals surface area contributed by atoms with Crippen molar-refractivity contribution in [2.24, 2.45) is 5.16 Å². The summed E-state index contributed by atoms with van der Waals surface area (Å²) in [4.78, 5) is 9.70. The van der Waals surface area contributed by atoms with Crippen molar-refractivity contribution in [3.8, 4) is 11.5 Å². The normalized spacial score (nSPS) is 11.8. The minimum Gasteiger partial charge on any atom is -0.399 e. The van der Waals surface area contributed by atoms with Gasteiger partial charge in [0.05, 0.1) is 17.6 Å². The molecule has 0 aliphatic rings. The van der Waals surface area contributed by atoms with Gasteiger partial charge in [-0.05, 0) is 22.4 Å². The number of aromatic nitrogens is 4. The van der Waals surface area contributed by atoms with Gasteiger partial charge in [-0.15, -0.1) is 0 Å². The fourth-order valence-corrected chi connectivity index (χ4v) is 2.83. The number of rotatable bonds is 5. The zero-order valence-corrected chi connectivity index (χ0v) is 14.0. The Hall–Kier alpha value is -3.68. The van der Waals surface area contributed by atoms with Crippen LogP contribution in [0.4, 0.5) is 5.82 Å². The summed E-state index contributed by atoms with van der Waals surface area (Å²) < 4.78 is 6.72. The molecule has 0 radical (unpaired) electrons. The Bertz CT molecular complexity index is 1070. The highest BCUT2D eigenvalue weighted by Gasteiger charge is 2.20. The van der Waals surface area contributed by atoms with Crippen LogP contribution < -0.4 is 5.73 Å². The number of benzene rings is 2. The van der Waals surface area contributed by atoms with E-state index in [9.17, 15) is 0 Å². The lowest BCUT2D eigenvalue weighted by Gasteiger charge is -2.10. The van der Waals surface area contributed by atoms with Crippen LogP contribution in [0.3, 0.4) is 0 Å². The lowest BCUT2D eigenvalue weighted by molar-refractivity contribution is 0.212. The van der Waals surface area contributed by atoms with E-state index in [2.05, 4.69) is 20.5 Å². The summed E-state index contributed by atoms with van der Waals surface area (Å²) in [5.41, 5.74) is 9.71. The summed E-state index contributed by atoms with van der Waals surface area (Å²) in [7, 11) is 1.52. The number of fused-ring (bicyclic) bond motifs is 1. The molecule has 0 saturated heterocycles. The smallest absolute Gasteiger partial charge is 0.199 e. The first kappa shape index (κ1) is 15.8. The molecular formula is C18H16N6O2. The fourth-order valence-electron chi connectivity index (χ4n) is 2.83. The van der Waals surface area contributed by atoms with Gasteiger partial charge in [0, 0.05) is 5.56 Å². The second-order valence-electron chi connectivity index (χ2n) is 5.59. The maximum atomic E-state index is 5.89. The zero-order chi connectivity index (χ0) is 17.9. The van der Waals surface area contributed by atoms with Crippen molar-refractivity contribution in [1.29, 1.82) is 0 Å². The van der Waals surface area contributed by atoms with Gasteiger partial charge in [0.1, 0.15) is 12.8 Å². The Morgan fingerprint density at radius 1 is 1.12 bits per heavy atom. The minimum absolute atomic E-state index is 0.187. The van der Waals surface area contributed by atoms with E-state index >= 15 is 0 Å². The van der Waals surface area contributed by atoms with Crippen molar-refractivity contribution in [2.45, 2.75) is 6.54 Å². The number of hydrogen-bond acceptors (Lipinski definition) is 7. The summed E-state index contributed by atoms with van der Waals surface area (Å²) in [5, 5.41) is 11.8. The van der Waals surface area contributed by atoms with Gasteiger partial charge < -0.3 is 15.1 Å². The number of nitrogen functional groups attached to an aromatic ring is 1. The van der Waals surface area contributed by atoms with Crippen LogP contribution in [-0.4, -0.2) is 32.7 Å². The second-order valence-corrected chi connectivity index (χ2v) is 5.59. The molecule has 0 atom stereocenters. The van der Waals surface area contributed by atoms with E-state index in [1.165, 1.54) is 7.11 Å². The van der Waals surface area contributed by atoms with Gasteiger partial charge in [0.25, 0.3) is 0 Å². The molecule has 0 spiro atoms. The van der Waals surface area contributed by atoms with Gasteiger partial charge >= 0.3 is 0 Å².